The van der Waals surface area contributed by atoms with Gasteiger partial charge in [0.05, 0.1) is 13.2 Å². The monoisotopic (exact) mass is 221 g/mol. The zero-order valence-corrected chi connectivity index (χ0v) is 9.56. The van der Waals surface area contributed by atoms with Crippen molar-refractivity contribution in [2.45, 2.75) is 12.8 Å². The molecule has 2 rings (SSSR count). The van der Waals surface area contributed by atoms with Crippen LogP contribution in [0.15, 0.2) is 24.3 Å². The van der Waals surface area contributed by atoms with E-state index >= 15 is 0 Å². The highest BCUT2D eigenvalue weighted by molar-refractivity contribution is 5.27. The predicted octanol–water partition coefficient (Wildman–Crippen LogP) is 1.66. The van der Waals surface area contributed by atoms with Crippen LogP contribution < -0.4 is 0 Å². The second-order valence-electron chi connectivity index (χ2n) is 4.23. The van der Waals surface area contributed by atoms with Gasteiger partial charge in [-0.3, -0.25) is 4.90 Å². The number of morpholine rings is 1. The van der Waals surface area contributed by atoms with E-state index < -0.39 is 0 Å². The summed E-state index contributed by atoms with van der Waals surface area (Å²) in [6.07, 6.45) is 2.18. The SMILES string of the molecule is Oc1cccc(CCCN2CCOCC2)c1. The van der Waals surface area contributed by atoms with E-state index in [1.54, 1.807) is 6.07 Å². The molecule has 1 fully saturated rings. The number of phenols is 1. The number of ether oxygens (including phenoxy) is 1. The number of nitrogens with zero attached hydrogens (tertiary/aromatic N) is 1. The van der Waals surface area contributed by atoms with Crippen LogP contribution >= 0.6 is 0 Å². The molecule has 88 valence electrons. The second kappa shape index (κ2) is 5.87. The largest absolute Gasteiger partial charge is 0.508 e. The Morgan fingerprint density at radius 2 is 2.06 bits per heavy atom. The zero-order chi connectivity index (χ0) is 11.2. The van der Waals surface area contributed by atoms with Gasteiger partial charge in [0.25, 0.3) is 0 Å². The van der Waals surface area contributed by atoms with Crippen molar-refractivity contribution in [1.29, 1.82) is 0 Å². The fraction of sp³-hybridized carbons (Fsp3) is 0.538. The van der Waals surface area contributed by atoms with E-state index in [4.69, 9.17) is 4.74 Å². The Bertz CT molecular complexity index is 321. The maximum atomic E-state index is 9.33. The summed E-state index contributed by atoms with van der Waals surface area (Å²) in [5.74, 6) is 0.365. The van der Waals surface area contributed by atoms with Gasteiger partial charge in [0.15, 0.2) is 0 Å². The maximum absolute atomic E-state index is 9.33. The molecule has 0 aromatic heterocycles. The number of benzene rings is 1. The summed E-state index contributed by atoms with van der Waals surface area (Å²) in [5.41, 5.74) is 1.22. The first-order valence-corrected chi connectivity index (χ1v) is 5.92. The zero-order valence-electron chi connectivity index (χ0n) is 9.56. The van der Waals surface area contributed by atoms with Crippen LogP contribution in [-0.2, 0) is 11.2 Å². The Morgan fingerprint density at radius 3 is 2.81 bits per heavy atom. The lowest BCUT2D eigenvalue weighted by Crippen LogP contribution is -2.36. The Labute approximate surface area is 96.6 Å². The second-order valence-corrected chi connectivity index (χ2v) is 4.23. The summed E-state index contributed by atoms with van der Waals surface area (Å²) in [7, 11) is 0. The number of aryl methyl sites for hydroxylation is 1. The van der Waals surface area contributed by atoms with Crippen molar-refractivity contribution < 1.29 is 9.84 Å². The molecule has 0 bridgehead atoms. The Kier molecular flexibility index (Phi) is 4.19. The molecule has 0 saturated carbocycles. The number of aromatic hydroxyl groups is 1. The minimum absolute atomic E-state index is 0.365. The van der Waals surface area contributed by atoms with Crippen LogP contribution in [0.1, 0.15) is 12.0 Å². The van der Waals surface area contributed by atoms with Crippen molar-refractivity contribution in [2.24, 2.45) is 0 Å². The minimum atomic E-state index is 0.365. The first kappa shape index (κ1) is 11.4. The average Bonchev–Trinajstić information content (AvgIpc) is 2.30. The Morgan fingerprint density at radius 1 is 1.25 bits per heavy atom. The van der Waals surface area contributed by atoms with Crippen molar-refractivity contribution in [1.82, 2.24) is 4.90 Å². The molecule has 0 amide bonds. The van der Waals surface area contributed by atoms with E-state index in [1.807, 2.05) is 12.1 Å². The predicted molar refractivity (Wildman–Crippen MR) is 63.7 cm³/mol. The average molecular weight is 221 g/mol. The van der Waals surface area contributed by atoms with E-state index in [0.717, 1.165) is 45.7 Å². The van der Waals surface area contributed by atoms with Crippen LogP contribution in [-0.4, -0.2) is 42.9 Å². The molecule has 3 nitrogen and oxygen atoms in total. The van der Waals surface area contributed by atoms with Gasteiger partial charge in [-0.15, -0.1) is 0 Å². The summed E-state index contributed by atoms with van der Waals surface area (Å²) in [6.45, 7) is 4.97. The molecule has 3 heteroatoms. The number of hydrogen-bond acceptors (Lipinski definition) is 3. The van der Waals surface area contributed by atoms with E-state index in [1.165, 1.54) is 5.56 Å². The fourth-order valence-corrected chi connectivity index (χ4v) is 2.04. The molecular weight excluding hydrogens is 202 g/mol. The molecule has 1 aromatic carbocycles. The van der Waals surface area contributed by atoms with Crippen LogP contribution in [0, 0.1) is 0 Å². The third kappa shape index (κ3) is 3.51. The van der Waals surface area contributed by atoms with E-state index in [-0.39, 0.29) is 0 Å². The van der Waals surface area contributed by atoms with Crippen molar-refractivity contribution in [3.8, 4) is 5.75 Å². The number of hydrogen-bond donors (Lipinski definition) is 1. The minimum Gasteiger partial charge on any atom is -0.508 e. The smallest absolute Gasteiger partial charge is 0.115 e. The van der Waals surface area contributed by atoms with E-state index in [0.29, 0.717) is 5.75 Å². The van der Waals surface area contributed by atoms with Gasteiger partial charge >= 0.3 is 0 Å². The van der Waals surface area contributed by atoms with Gasteiger partial charge in [-0.05, 0) is 37.1 Å². The lowest BCUT2D eigenvalue weighted by Gasteiger charge is -2.26. The molecule has 1 heterocycles. The fourth-order valence-electron chi connectivity index (χ4n) is 2.04. The molecule has 1 aliphatic rings. The first-order valence-electron chi connectivity index (χ1n) is 5.92. The Hall–Kier alpha value is -1.06. The molecule has 1 aromatic rings. The normalized spacial score (nSPS) is 17.5. The third-order valence-electron chi connectivity index (χ3n) is 2.95. The van der Waals surface area contributed by atoms with Crippen molar-refractivity contribution in [2.75, 3.05) is 32.8 Å². The summed E-state index contributed by atoms with van der Waals surface area (Å²) in [6, 6.07) is 7.53. The highest BCUT2D eigenvalue weighted by atomic mass is 16.5. The topological polar surface area (TPSA) is 32.7 Å². The molecule has 0 spiro atoms. The lowest BCUT2D eigenvalue weighted by molar-refractivity contribution is 0.0375. The molecule has 0 atom stereocenters. The van der Waals surface area contributed by atoms with Crippen LogP contribution in [0.3, 0.4) is 0 Å². The van der Waals surface area contributed by atoms with Gasteiger partial charge in [0.1, 0.15) is 5.75 Å². The molecule has 0 aliphatic carbocycles. The van der Waals surface area contributed by atoms with Crippen LogP contribution in [0.25, 0.3) is 0 Å². The first-order chi connectivity index (χ1) is 7.84. The third-order valence-corrected chi connectivity index (χ3v) is 2.95. The van der Waals surface area contributed by atoms with Gasteiger partial charge in [-0.25, -0.2) is 0 Å². The van der Waals surface area contributed by atoms with Crippen molar-refractivity contribution in [3.05, 3.63) is 29.8 Å². The molecule has 0 unspecified atom stereocenters. The number of rotatable bonds is 4. The summed E-state index contributed by atoms with van der Waals surface area (Å²) < 4.78 is 5.31. The molecule has 1 aliphatic heterocycles. The van der Waals surface area contributed by atoms with Crippen LogP contribution in [0.2, 0.25) is 0 Å². The molecule has 16 heavy (non-hydrogen) atoms. The summed E-state index contributed by atoms with van der Waals surface area (Å²) in [5, 5.41) is 9.33. The highest BCUT2D eigenvalue weighted by Gasteiger charge is 2.09. The summed E-state index contributed by atoms with van der Waals surface area (Å²) in [4.78, 5) is 2.44. The molecule has 0 radical (unpaired) electrons. The molecule has 1 saturated heterocycles. The van der Waals surface area contributed by atoms with Gasteiger partial charge in [0.2, 0.25) is 0 Å². The quantitative estimate of drug-likeness (QED) is 0.839. The Balaban J connectivity index is 1.71. The number of phenolic OH excluding ortho intramolecular Hbond substituents is 1. The van der Waals surface area contributed by atoms with E-state index in [2.05, 4.69) is 11.0 Å². The summed E-state index contributed by atoms with van der Waals surface area (Å²) >= 11 is 0. The van der Waals surface area contributed by atoms with Crippen molar-refractivity contribution in [3.63, 3.8) is 0 Å². The van der Waals surface area contributed by atoms with E-state index in [9.17, 15) is 5.11 Å². The van der Waals surface area contributed by atoms with Gasteiger partial charge in [0, 0.05) is 13.1 Å². The van der Waals surface area contributed by atoms with Gasteiger partial charge < -0.3 is 9.84 Å². The maximum Gasteiger partial charge on any atom is 0.115 e. The van der Waals surface area contributed by atoms with Crippen molar-refractivity contribution >= 4 is 0 Å². The molecule has 1 N–H and O–H groups in total. The standard InChI is InChI=1S/C13H19NO2/c15-13-5-1-3-12(11-13)4-2-6-14-7-9-16-10-8-14/h1,3,5,11,15H,2,4,6-10H2. The van der Waals surface area contributed by atoms with Crippen LogP contribution in [0.4, 0.5) is 0 Å². The lowest BCUT2D eigenvalue weighted by atomic mass is 10.1. The van der Waals surface area contributed by atoms with Gasteiger partial charge in [-0.1, -0.05) is 12.1 Å². The van der Waals surface area contributed by atoms with Crippen LogP contribution in [0.5, 0.6) is 5.75 Å². The van der Waals surface area contributed by atoms with Gasteiger partial charge in [-0.2, -0.15) is 0 Å². The highest BCUT2D eigenvalue weighted by Crippen LogP contribution is 2.12. The molecular formula is C13H19NO2.